The number of carbonyl (C=O) groups excluding carboxylic acids is 1. The molecule has 18 heavy (non-hydrogen) atoms. The molecule has 0 unspecified atom stereocenters. The van der Waals surface area contributed by atoms with Crippen LogP contribution in [-0.4, -0.2) is 35.0 Å². The number of aliphatic hydroxyl groups excluding tert-OH is 1. The molecule has 1 aromatic rings. The topological polar surface area (TPSA) is 66.6 Å². The van der Waals surface area contributed by atoms with E-state index in [2.05, 4.69) is 0 Å². The maximum atomic E-state index is 11.9. The van der Waals surface area contributed by atoms with E-state index < -0.39 is 12.1 Å². The van der Waals surface area contributed by atoms with Crippen LogP contribution in [0, 0.1) is 0 Å². The maximum absolute atomic E-state index is 11.9. The van der Waals surface area contributed by atoms with E-state index in [9.17, 15) is 9.90 Å². The molecule has 0 aliphatic heterocycles. The van der Waals surface area contributed by atoms with Crippen molar-refractivity contribution in [2.24, 2.45) is 5.73 Å². The van der Waals surface area contributed by atoms with Crippen molar-refractivity contribution in [3.63, 3.8) is 0 Å². The molecule has 4 heteroatoms. The van der Waals surface area contributed by atoms with Crippen molar-refractivity contribution in [2.45, 2.75) is 38.5 Å². The third-order valence-electron chi connectivity index (χ3n) is 3.31. The van der Waals surface area contributed by atoms with Gasteiger partial charge in [-0.15, -0.1) is 0 Å². The SMILES string of the molecule is CC[C@H](N)C(=O)N(C)[C@H](C)[C@H](O)c1ccccc1. The van der Waals surface area contributed by atoms with Gasteiger partial charge in [0.25, 0.3) is 0 Å². The lowest BCUT2D eigenvalue weighted by molar-refractivity contribution is -0.135. The predicted molar refractivity (Wildman–Crippen MR) is 71.9 cm³/mol. The molecule has 0 aliphatic rings. The van der Waals surface area contributed by atoms with Crippen LogP contribution in [0.3, 0.4) is 0 Å². The molecule has 1 rings (SSSR count). The zero-order valence-electron chi connectivity index (χ0n) is 11.2. The van der Waals surface area contributed by atoms with Gasteiger partial charge in [-0.3, -0.25) is 4.79 Å². The number of likely N-dealkylation sites (N-methyl/N-ethyl adjacent to an activating group) is 1. The summed E-state index contributed by atoms with van der Waals surface area (Å²) in [5.41, 5.74) is 6.52. The zero-order valence-corrected chi connectivity index (χ0v) is 11.2. The van der Waals surface area contributed by atoms with Crippen LogP contribution in [0.5, 0.6) is 0 Å². The van der Waals surface area contributed by atoms with Crippen LogP contribution in [0.1, 0.15) is 31.9 Å². The Kier molecular flexibility index (Phi) is 5.31. The summed E-state index contributed by atoms with van der Waals surface area (Å²) in [5.74, 6) is -0.139. The summed E-state index contributed by atoms with van der Waals surface area (Å²) in [6.07, 6.45) is -0.110. The van der Waals surface area contributed by atoms with Gasteiger partial charge in [-0.2, -0.15) is 0 Å². The second kappa shape index (κ2) is 6.52. The molecule has 0 saturated carbocycles. The van der Waals surface area contributed by atoms with Gasteiger partial charge in [-0.25, -0.2) is 0 Å². The van der Waals surface area contributed by atoms with Crippen molar-refractivity contribution in [2.75, 3.05) is 7.05 Å². The monoisotopic (exact) mass is 250 g/mol. The van der Waals surface area contributed by atoms with Gasteiger partial charge in [0.1, 0.15) is 0 Å². The summed E-state index contributed by atoms with van der Waals surface area (Å²) in [5, 5.41) is 10.2. The highest BCUT2D eigenvalue weighted by atomic mass is 16.3. The highest BCUT2D eigenvalue weighted by Crippen LogP contribution is 2.20. The molecule has 3 atom stereocenters. The Morgan fingerprint density at radius 3 is 2.44 bits per heavy atom. The van der Waals surface area contributed by atoms with Gasteiger partial charge in [0.05, 0.1) is 18.2 Å². The molecule has 4 nitrogen and oxygen atoms in total. The van der Waals surface area contributed by atoms with Gasteiger partial charge in [0, 0.05) is 7.05 Å². The zero-order chi connectivity index (χ0) is 13.7. The molecule has 0 bridgehead atoms. The normalized spacial score (nSPS) is 15.8. The second-order valence-corrected chi connectivity index (χ2v) is 4.56. The first-order chi connectivity index (χ1) is 8.49. The van der Waals surface area contributed by atoms with Crippen molar-refractivity contribution in [1.82, 2.24) is 4.90 Å². The van der Waals surface area contributed by atoms with Gasteiger partial charge in [-0.1, -0.05) is 37.3 Å². The molecule has 0 spiro atoms. The first kappa shape index (κ1) is 14.7. The third kappa shape index (κ3) is 3.31. The van der Waals surface area contributed by atoms with Crippen LogP contribution in [0.25, 0.3) is 0 Å². The summed E-state index contributed by atoms with van der Waals surface area (Å²) >= 11 is 0. The number of benzene rings is 1. The Morgan fingerprint density at radius 2 is 1.94 bits per heavy atom. The smallest absolute Gasteiger partial charge is 0.239 e. The Bertz CT molecular complexity index is 381. The van der Waals surface area contributed by atoms with Crippen molar-refractivity contribution in [3.8, 4) is 0 Å². The fourth-order valence-corrected chi connectivity index (χ4v) is 1.78. The molecule has 0 fully saturated rings. The van der Waals surface area contributed by atoms with E-state index in [1.54, 1.807) is 7.05 Å². The van der Waals surface area contributed by atoms with Crippen LogP contribution < -0.4 is 5.73 Å². The van der Waals surface area contributed by atoms with Crippen LogP contribution in [0.4, 0.5) is 0 Å². The third-order valence-corrected chi connectivity index (χ3v) is 3.31. The average Bonchev–Trinajstić information content (AvgIpc) is 2.44. The average molecular weight is 250 g/mol. The number of nitrogens with zero attached hydrogens (tertiary/aromatic N) is 1. The number of hydrogen-bond donors (Lipinski definition) is 2. The van der Waals surface area contributed by atoms with Crippen molar-refractivity contribution < 1.29 is 9.90 Å². The molecule has 0 radical (unpaired) electrons. The van der Waals surface area contributed by atoms with Crippen molar-refractivity contribution in [1.29, 1.82) is 0 Å². The molecule has 3 N–H and O–H groups in total. The molecule has 100 valence electrons. The Labute approximate surface area is 108 Å². The number of rotatable bonds is 5. The van der Waals surface area contributed by atoms with Crippen LogP contribution >= 0.6 is 0 Å². The van der Waals surface area contributed by atoms with Crippen molar-refractivity contribution >= 4 is 5.91 Å². The summed E-state index contributed by atoms with van der Waals surface area (Å²) < 4.78 is 0. The Morgan fingerprint density at radius 1 is 1.39 bits per heavy atom. The van der Waals surface area contributed by atoms with E-state index >= 15 is 0 Å². The van der Waals surface area contributed by atoms with E-state index in [4.69, 9.17) is 5.73 Å². The summed E-state index contributed by atoms with van der Waals surface area (Å²) in [7, 11) is 1.68. The molecular weight excluding hydrogens is 228 g/mol. The molecule has 0 aromatic heterocycles. The Balaban J connectivity index is 2.75. The first-order valence-corrected chi connectivity index (χ1v) is 6.24. The molecular formula is C14H22N2O2. The maximum Gasteiger partial charge on any atom is 0.239 e. The van der Waals surface area contributed by atoms with Crippen molar-refractivity contribution in [3.05, 3.63) is 35.9 Å². The first-order valence-electron chi connectivity index (χ1n) is 6.24. The summed E-state index contributed by atoms with van der Waals surface area (Å²) in [6.45, 7) is 3.69. The van der Waals surface area contributed by atoms with Gasteiger partial charge < -0.3 is 15.7 Å². The van der Waals surface area contributed by atoms with Crippen LogP contribution in [-0.2, 0) is 4.79 Å². The lowest BCUT2D eigenvalue weighted by atomic mass is 10.0. The molecule has 0 saturated heterocycles. The number of aliphatic hydroxyl groups is 1. The van der Waals surface area contributed by atoms with Gasteiger partial charge in [0.15, 0.2) is 0 Å². The lowest BCUT2D eigenvalue weighted by Gasteiger charge is -2.31. The minimum absolute atomic E-state index is 0.139. The largest absolute Gasteiger partial charge is 0.386 e. The van der Waals surface area contributed by atoms with Crippen LogP contribution in [0.2, 0.25) is 0 Å². The predicted octanol–water partition coefficient (Wildman–Crippen LogP) is 1.30. The van der Waals surface area contributed by atoms with Gasteiger partial charge >= 0.3 is 0 Å². The standard InChI is InChI=1S/C14H22N2O2/c1-4-12(15)14(18)16(3)10(2)13(17)11-8-6-5-7-9-11/h5-10,12-13,17H,4,15H2,1-3H3/t10-,12+,13+/m1/s1. The van der Waals surface area contributed by atoms with Gasteiger partial charge in [0.2, 0.25) is 5.91 Å². The number of amides is 1. The quantitative estimate of drug-likeness (QED) is 0.828. The highest BCUT2D eigenvalue weighted by Gasteiger charge is 2.26. The lowest BCUT2D eigenvalue weighted by Crippen LogP contribution is -2.47. The van der Waals surface area contributed by atoms with E-state index in [1.165, 1.54) is 4.90 Å². The van der Waals surface area contributed by atoms with E-state index in [0.29, 0.717) is 6.42 Å². The molecule has 1 aromatic carbocycles. The van der Waals surface area contributed by atoms with Gasteiger partial charge in [-0.05, 0) is 18.9 Å². The Hall–Kier alpha value is -1.39. The second-order valence-electron chi connectivity index (χ2n) is 4.56. The van der Waals surface area contributed by atoms with Crippen LogP contribution in [0.15, 0.2) is 30.3 Å². The van der Waals surface area contributed by atoms with E-state index in [1.807, 2.05) is 44.2 Å². The summed E-state index contributed by atoms with van der Waals surface area (Å²) in [6, 6.07) is 8.51. The molecule has 0 aliphatic carbocycles. The van der Waals surface area contributed by atoms with E-state index in [-0.39, 0.29) is 11.9 Å². The van der Waals surface area contributed by atoms with E-state index in [0.717, 1.165) is 5.56 Å². The minimum atomic E-state index is -0.704. The number of carbonyl (C=O) groups is 1. The molecule has 0 heterocycles. The molecule has 1 amide bonds. The number of nitrogens with two attached hydrogens (primary N) is 1. The fraction of sp³-hybridized carbons (Fsp3) is 0.500. The highest BCUT2D eigenvalue weighted by molar-refractivity contribution is 5.81. The minimum Gasteiger partial charge on any atom is -0.386 e. The summed E-state index contributed by atoms with van der Waals surface area (Å²) in [4.78, 5) is 13.5. The fourth-order valence-electron chi connectivity index (χ4n) is 1.78. The number of hydrogen-bond acceptors (Lipinski definition) is 3.